The Morgan fingerprint density at radius 3 is 2.67 bits per heavy atom. The van der Waals surface area contributed by atoms with Crippen LogP contribution in [-0.4, -0.2) is 17.0 Å². The average Bonchev–Trinajstić information content (AvgIpc) is 2.84. The smallest absolute Gasteiger partial charge is 0.408 e. The van der Waals surface area contributed by atoms with E-state index in [1.807, 2.05) is 44.2 Å². The topological polar surface area (TPSA) is 64.2 Å². The van der Waals surface area contributed by atoms with Crippen molar-refractivity contribution in [2.75, 3.05) is 6.54 Å². The van der Waals surface area contributed by atoms with Crippen molar-refractivity contribution >= 4 is 17.0 Å². The summed E-state index contributed by atoms with van der Waals surface area (Å²) in [6.07, 6.45) is 0.686. The molecule has 5 heteroatoms. The predicted octanol–water partition coefficient (Wildman–Crippen LogP) is 2.72. The van der Waals surface area contributed by atoms with Crippen molar-refractivity contribution in [1.82, 2.24) is 9.88 Å². The van der Waals surface area contributed by atoms with E-state index in [1.54, 1.807) is 13.1 Å². The average molecular weight is 324 g/mol. The molecular weight excluding hydrogens is 304 g/mol. The van der Waals surface area contributed by atoms with Gasteiger partial charge in [-0.3, -0.25) is 9.36 Å². The van der Waals surface area contributed by atoms with Crippen LogP contribution in [0.2, 0.25) is 0 Å². The Morgan fingerprint density at radius 1 is 1.12 bits per heavy atom. The van der Waals surface area contributed by atoms with Crippen LogP contribution in [0.5, 0.6) is 0 Å². The number of amides is 1. The second-order valence-corrected chi connectivity index (χ2v) is 6.03. The summed E-state index contributed by atoms with van der Waals surface area (Å²) < 4.78 is 6.59. The van der Waals surface area contributed by atoms with E-state index < -0.39 is 0 Å². The molecule has 124 valence electrons. The number of rotatable bonds is 4. The van der Waals surface area contributed by atoms with Crippen molar-refractivity contribution in [3.8, 4) is 0 Å². The minimum atomic E-state index is -0.370. The number of carbonyl (C=O) groups is 1. The summed E-state index contributed by atoms with van der Waals surface area (Å²) in [6, 6.07) is 11.3. The number of benzene rings is 2. The molecule has 0 atom stereocenters. The highest BCUT2D eigenvalue weighted by atomic mass is 16.4. The van der Waals surface area contributed by atoms with Crippen LogP contribution in [0.3, 0.4) is 0 Å². The van der Waals surface area contributed by atoms with Gasteiger partial charge in [0.1, 0.15) is 0 Å². The second-order valence-electron chi connectivity index (χ2n) is 6.03. The van der Waals surface area contributed by atoms with E-state index in [4.69, 9.17) is 4.42 Å². The normalized spacial score (nSPS) is 11.0. The lowest BCUT2D eigenvalue weighted by Crippen LogP contribution is -2.25. The van der Waals surface area contributed by atoms with E-state index in [0.29, 0.717) is 24.1 Å². The van der Waals surface area contributed by atoms with E-state index in [-0.39, 0.29) is 11.7 Å². The van der Waals surface area contributed by atoms with Crippen molar-refractivity contribution in [1.29, 1.82) is 0 Å². The molecule has 0 fully saturated rings. The highest BCUT2D eigenvalue weighted by Crippen LogP contribution is 2.14. The quantitative estimate of drug-likeness (QED) is 0.802. The van der Waals surface area contributed by atoms with Gasteiger partial charge >= 0.3 is 5.76 Å². The van der Waals surface area contributed by atoms with Crippen LogP contribution in [0.25, 0.3) is 11.1 Å². The molecule has 0 unspecified atom stereocenters. The maximum atomic E-state index is 12.2. The van der Waals surface area contributed by atoms with E-state index in [0.717, 1.165) is 16.6 Å². The number of hydrogen-bond donors (Lipinski definition) is 1. The molecular formula is C19H20N2O3. The molecule has 2 aromatic carbocycles. The molecule has 1 N–H and O–H groups in total. The highest BCUT2D eigenvalue weighted by molar-refractivity contribution is 5.94. The third-order valence-electron chi connectivity index (χ3n) is 4.32. The highest BCUT2D eigenvalue weighted by Gasteiger charge is 2.08. The van der Waals surface area contributed by atoms with E-state index in [2.05, 4.69) is 5.32 Å². The number of aromatic nitrogens is 1. The minimum absolute atomic E-state index is 0.0742. The van der Waals surface area contributed by atoms with E-state index in [1.165, 1.54) is 10.1 Å². The Labute approximate surface area is 139 Å². The van der Waals surface area contributed by atoms with Crippen molar-refractivity contribution in [3.63, 3.8) is 0 Å². The molecule has 0 bridgehead atoms. The lowest BCUT2D eigenvalue weighted by atomic mass is 10.1. The summed E-state index contributed by atoms with van der Waals surface area (Å²) in [4.78, 5) is 23.7. The molecule has 0 saturated carbocycles. The fraction of sp³-hybridized carbons (Fsp3) is 0.263. The largest absolute Gasteiger partial charge is 0.419 e. The van der Waals surface area contributed by atoms with Crippen molar-refractivity contribution in [3.05, 3.63) is 69.2 Å². The summed E-state index contributed by atoms with van der Waals surface area (Å²) in [5.41, 5.74) is 5.33. The van der Waals surface area contributed by atoms with Gasteiger partial charge in [0.05, 0.1) is 5.52 Å². The number of carbonyl (C=O) groups excluding carboxylic acids is 1. The van der Waals surface area contributed by atoms with Crippen LogP contribution >= 0.6 is 0 Å². The molecule has 1 aromatic heterocycles. The number of hydrogen-bond acceptors (Lipinski definition) is 3. The van der Waals surface area contributed by atoms with Crippen molar-refractivity contribution in [2.45, 2.75) is 20.3 Å². The molecule has 0 aliphatic rings. The van der Waals surface area contributed by atoms with Crippen LogP contribution in [0.15, 0.2) is 45.6 Å². The van der Waals surface area contributed by atoms with Gasteiger partial charge in [0.25, 0.3) is 5.91 Å². The monoisotopic (exact) mass is 324 g/mol. The SMILES string of the molecule is Cc1ccc(C(=O)NCCc2ccc3oc(=O)n(C)c3c2)cc1C. The Hall–Kier alpha value is -2.82. The molecule has 5 nitrogen and oxygen atoms in total. The first-order chi connectivity index (χ1) is 11.5. The van der Waals surface area contributed by atoms with Gasteiger partial charge in [-0.2, -0.15) is 0 Å². The Balaban J connectivity index is 1.65. The zero-order valence-corrected chi connectivity index (χ0v) is 14.1. The number of fused-ring (bicyclic) bond motifs is 1. The Morgan fingerprint density at radius 2 is 1.92 bits per heavy atom. The molecule has 1 amide bonds. The van der Waals surface area contributed by atoms with Gasteiger partial charge in [-0.05, 0) is 61.2 Å². The first kappa shape index (κ1) is 16.1. The van der Waals surface area contributed by atoms with Crippen molar-refractivity contribution < 1.29 is 9.21 Å². The molecule has 24 heavy (non-hydrogen) atoms. The fourth-order valence-electron chi connectivity index (χ4n) is 2.63. The third kappa shape index (κ3) is 3.11. The summed E-state index contributed by atoms with van der Waals surface area (Å²) in [5, 5.41) is 2.93. The number of nitrogens with one attached hydrogen (secondary N) is 1. The van der Waals surface area contributed by atoms with Crippen LogP contribution in [-0.2, 0) is 13.5 Å². The fourth-order valence-corrected chi connectivity index (χ4v) is 2.63. The molecule has 0 aliphatic carbocycles. The molecule has 0 radical (unpaired) electrons. The van der Waals surface area contributed by atoms with Crippen molar-refractivity contribution in [2.24, 2.45) is 7.05 Å². The number of aryl methyl sites for hydroxylation is 3. The molecule has 0 aliphatic heterocycles. The minimum Gasteiger partial charge on any atom is -0.408 e. The first-order valence-electron chi connectivity index (χ1n) is 7.89. The van der Waals surface area contributed by atoms with Crippen LogP contribution in [0.1, 0.15) is 27.0 Å². The zero-order chi connectivity index (χ0) is 17.3. The van der Waals surface area contributed by atoms with Crippen LogP contribution < -0.4 is 11.1 Å². The van der Waals surface area contributed by atoms with Gasteiger partial charge in [-0.15, -0.1) is 0 Å². The number of nitrogens with zero attached hydrogens (tertiary/aromatic N) is 1. The van der Waals surface area contributed by atoms with Gasteiger partial charge < -0.3 is 9.73 Å². The summed E-state index contributed by atoms with van der Waals surface area (Å²) >= 11 is 0. The number of oxazole rings is 1. The van der Waals surface area contributed by atoms with Crippen LogP contribution in [0.4, 0.5) is 0 Å². The molecule has 3 rings (SSSR count). The lowest BCUT2D eigenvalue weighted by molar-refractivity contribution is 0.0954. The second kappa shape index (κ2) is 6.35. The van der Waals surface area contributed by atoms with E-state index >= 15 is 0 Å². The molecule has 1 heterocycles. The lowest BCUT2D eigenvalue weighted by Gasteiger charge is -2.07. The molecule has 0 spiro atoms. The Bertz CT molecular complexity index is 966. The summed E-state index contributed by atoms with van der Waals surface area (Å²) in [6.45, 7) is 4.55. The van der Waals surface area contributed by atoms with Gasteiger partial charge in [-0.25, -0.2) is 4.79 Å². The van der Waals surface area contributed by atoms with Gasteiger partial charge in [-0.1, -0.05) is 12.1 Å². The van der Waals surface area contributed by atoms with E-state index in [9.17, 15) is 9.59 Å². The zero-order valence-electron chi connectivity index (χ0n) is 14.1. The molecule has 3 aromatic rings. The van der Waals surface area contributed by atoms with Gasteiger partial charge in [0, 0.05) is 19.2 Å². The van der Waals surface area contributed by atoms with Gasteiger partial charge in [0.2, 0.25) is 0 Å². The predicted molar refractivity (Wildman–Crippen MR) is 93.4 cm³/mol. The summed E-state index contributed by atoms with van der Waals surface area (Å²) in [7, 11) is 1.68. The maximum absolute atomic E-state index is 12.2. The third-order valence-corrected chi connectivity index (χ3v) is 4.32. The van der Waals surface area contributed by atoms with Crippen LogP contribution in [0, 0.1) is 13.8 Å². The first-order valence-corrected chi connectivity index (χ1v) is 7.89. The standard InChI is InChI=1S/C19H20N2O3/c1-12-4-6-15(10-13(12)2)18(22)20-9-8-14-5-7-17-16(11-14)21(3)19(23)24-17/h4-7,10-11H,8-9H2,1-3H3,(H,20,22). The van der Waals surface area contributed by atoms with Gasteiger partial charge in [0.15, 0.2) is 5.58 Å². The summed E-state index contributed by atoms with van der Waals surface area (Å²) in [5.74, 6) is -0.444. The maximum Gasteiger partial charge on any atom is 0.419 e. The Kier molecular flexibility index (Phi) is 4.25. The molecule has 0 saturated heterocycles.